The normalized spacial score (nSPS) is 11.7. The standard InChI is InChI=1S/C13H16N2O2/c1-13(2,3)8-17-12(16)11-14-9-6-4-5-7-10(9)15-11/h4-7H,8H2,1-3H3,(H,14,15). The minimum absolute atomic E-state index is 0.0400. The van der Waals surface area contributed by atoms with Crippen molar-refractivity contribution in [3.63, 3.8) is 0 Å². The summed E-state index contributed by atoms with van der Waals surface area (Å²) in [6.07, 6.45) is 0. The Morgan fingerprint density at radius 2 is 2.06 bits per heavy atom. The SMILES string of the molecule is CC(C)(C)COC(=O)c1nc2ccccc2[nH]1. The molecule has 0 spiro atoms. The molecule has 2 rings (SSSR count). The average Bonchev–Trinajstić information content (AvgIpc) is 2.68. The summed E-state index contributed by atoms with van der Waals surface area (Å²) in [6.45, 7) is 6.42. The first-order valence-corrected chi connectivity index (χ1v) is 5.58. The Morgan fingerprint density at radius 1 is 1.35 bits per heavy atom. The number of benzene rings is 1. The number of para-hydroxylation sites is 2. The Morgan fingerprint density at radius 3 is 2.71 bits per heavy atom. The molecule has 0 aliphatic rings. The van der Waals surface area contributed by atoms with E-state index in [0.717, 1.165) is 11.0 Å². The zero-order valence-corrected chi connectivity index (χ0v) is 10.3. The van der Waals surface area contributed by atoms with E-state index >= 15 is 0 Å². The molecule has 90 valence electrons. The van der Waals surface area contributed by atoms with Crippen LogP contribution >= 0.6 is 0 Å². The third-order valence-corrected chi connectivity index (χ3v) is 2.22. The minimum Gasteiger partial charge on any atom is -0.459 e. The Hall–Kier alpha value is -1.84. The fourth-order valence-corrected chi connectivity index (χ4v) is 1.40. The number of carbonyl (C=O) groups is 1. The van der Waals surface area contributed by atoms with E-state index in [4.69, 9.17) is 4.74 Å². The maximum atomic E-state index is 11.7. The predicted octanol–water partition coefficient (Wildman–Crippen LogP) is 2.77. The topological polar surface area (TPSA) is 55.0 Å². The highest BCUT2D eigenvalue weighted by atomic mass is 16.5. The summed E-state index contributed by atoms with van der Waals surface area (Å²) in [4.78, 5) is 18.9. The molecule has 0 radical (unpaired) electrons. The molecule has 4 nitrogen and oxygen atoms in total. The number of fused-ring (bicyclic) bond motifs is 1. The van der Waals surface area contributed by atoms with Crippen LogP contribution in [-0.4, -0.2) is 22.5 Å². The van der Waals surface area contributed by atoms with Gasteiger partial charge in [-0.2, -0.15) is 0 Å². The van der Waals surface area contributed by atoms with Gasteiger partial charge in [0.1, 0.15) is 0 Å². The van der Waals surface area contributed by atoms with Crippen LogP contribution in [0.2, 0.25) is 0 Å². The van der Waals surface area contributed by atoms with Gasteiger partial charge in [0, 0.05) is 0 Å². The second-order valence-corrected chi connectivity index (χ2v) is 5.24. The summed E-state index contributed by atoms with van der Waals surface area (Å²) >= 11 is 0. The number of rotatable bonds is 2. The lowest BCUT2D eigenvalue weighted by Gasteiger charge is -2.16. The average molecular weight is 232 g/mol. The van der Waals surface area contributed by atoms with Crippen molar-refractivity contribution in [3.05, 3.63) is 30.1 Å². The number of hydrogen-bond acceptors (Lipinski definition) is 3. The number of nitrogens with one attached hydrogen (secondary N) is 1. The van der Waals surface area contributed by atoms with E-state index in [9.17, 15) is 4.79 Å². The summed E-state index contributed by atoms with van der Waals surface area (Å²) in [5, 5.41) is 0. The van der Waals surface area contributed by atoms with Crippen LogP contribution in [0.5, 0.6) is 0 Å². The largest absolute Gasteiger partial charge is 0.459 e. The lowest BCUT2D eigenvalue weighted by molar-refractivity contribution is 0.0354. The number of ether oxygens (including phenoxy) is 1. The summed E-state index contributed by atoms with van der Waals surface area (Å²) in [6, 6.07) is 7.51. The highest BCUT2D eigenvalue weighted by Crippen LogP contribution is 2.15. The first-order valence-electron chi connectivity index (χ1n) is 5.58. The number of hydrogen-bond donors (Lipinski definition) is 1. The van der Waals surface area contributed by atoms with Crippen molar-refractivity contribution in [3.8, 4) is 0 Å². The number of aromatic nitrogens is 2. The number of imidazole rings is 1. The van der Waals surface area contributed by atoms with E-state index < -0.39 is 5.97 Å². The van der Waals surface area contributed by atoms with Crippen molar-refractivity contribution in [2.45, 2.75) is 20.8 Å². The van der Waals surface area contributed by atoms with E-state index in [1.807, 2.05) is 45.0 Å². The monoisotopic (exact) mass is 232 g/mol. The van der Waals surface area contributed by atoms with Gasteiger partial charge in [0.25, 0.3) is 0 Å². The molecular formula is C13H16N2O2. The van der Waals surface area contributed by atoms with Crippen LogP contribution < -0.4 is 0 Å². The minimum atomic E-state index is -0.406. The van der Waals surface area contributed by atoms with Crippen molar-refractivity contribution >= 4 is 17.0 Å². The maximum absolute atomic E-state index is 11.7. The second-order valence-electron chi connectivity index (χ2n) is 5.24. The Labute approximate surface area is 100 Å². The second kappa shape index (κ2) is 4.20. The van der Waals surface area contributed by atoms with Gasteiger partial charge < -0.3 is 9.72 Å². The number of carbonyl (C=O) groups excluding carboxylic acids is 1. The van der Waals surface area contributed by atoms with Gasteiger partial charge in [0.15, 0.2) is 0 Å². The van der Waals surface area contributed by atoms with Crippen LogP contribution in [0.3, 0.4) is 0 Å². The Balaban J connectivity index is 2.14. The van der Waals surface area contributed by atoms with Gasteiger partial charge in [0.2, 0.25) is 5.82 Å². The highest BCUT2D eigenvalue weighted by Gasteiger charge is 2.17. The molecule has 0 aliphatic heterocycles. The van der Waals surface area contributed by atoms with Crippen molar-refractivity contribution in [1.82, 2.24) is 9.97 Å². The van der Waals surface area contributed by atoms with Crippen LogP contribution in [0.25, 0.3) is 11.0 Å². The third kappa shape index (κ3) is 2.84. The lowest BCUT2D eigenvalue weighted by atomic mass is 9.99. The van der Waals surface area contributed by atoms with Crippen LogP contribution in [0, 0.1) is 5.41 Å². The molecule has 1 aromatic heterocycles. The molecule has 0 bridgehead atoms. The molecule has 4 heteroatoms. The van der Waals surface area contributed by atoms with Crippen molar-refractivity contribution < 1.29 is 9.53 Å². The van der Waals surface area contributed by atoms with E-state index in [-0.39, 0.29) is 11.2 Å². The molecule has 0 fully saturated rings. The summed E-state index contributed by atoms with van der Waals surface area (Å²) < 4.78 is 5.19. The van der Waals surface area contributed by atoms with Gasteiger partial charge in [-0.25, -0.2) is 9.78 Å². The summed E-state index contributed by atoms with van der Waals surface area (Å²) in [7, 11) is 0. The molecule has 0 unspecified atom stereocenters. The van der Waals surface area contributed by atoms with Gasteiger partial charge in [-0.15, -0.1) is 0 Å². The van der Waals surface area contributed by atoms with Gasteiger partial charge in [-0.3, -0.25) is 0 Å². The number of nitrogens with zero attached hydrogens (tertiary/aromatic N) is 1. The Kier molecular flexibility index (Phi) is 2.88. The van der Waals surface area contributed by atoms with E-state index in [1.165, 1.54) is 0 Å². The van der Waals surface area contributed by atoms with Crippen molar-refractivity contribution in [2.24, 2.45) is 5.41 Å². The first kappa shape index (κ1) is 11.6. The molecule has 2 aromatic rings. The molecule has 1 N–H and O–H groups in total. The zero-order chi connectivity index (χ0) is 12.5. The predicted molar refractivity (Wildman–Crippen MR) is 65.8 cm³/mol. The maximum Gasteiger partial charge on any atom is 0.374 e. The molecule has 0 saturated carbocycles. The molecule has 0 aliphatic carbocycles. The molecule has 1 aromatic carbocycles. The van der Waals surface area contributed by atoms with Crippen LogP contribution in [0.4, 0.5) is 0 Å². The van der Waals surface area contributed by atoms with Crippen molar-refractivity contribution in [1.29, 1.82) is 0 Å². The molecule has 0 amide bonds. The summed E-state index contributed by atoms with van der Waals surface area (Å²) in [5.41, 5.74) is 1.58. The molecule has 17 heavy (non-hydrogen) atoms. The molecule has 0 atom stereocenters. The van der Waals surface area contributed by atoms with Gasteiger partial charge in [-0.05, 0) is 17.5 Å². The Bertz CT molecular complexity index is 505. The first-order chi connectivity index (χ1) is 7.96. The van der Waals surface area contributed by atoms with Crippen molar-refractivity contribution in [2.75, 3.05) is 6.61 Å². The fraction of sp³-hybridized carbons (Fsp3) is 0.385. The molecule has 0 saturated heterocycles. The lowest BCUT2D eigenvalue weighted by Crippen LogP contribution is -2.19. The van der Waals surface area contributed by atoms with Gasteiger partial charge in [-0.1, -0.05) is 32.9 Å². The third-order valence-electron chi connectivity index (χ3n) is 2.22. The quantitative estimate of drug-likeness (QED) is 0.810. The number of esters is 1. The van der Waals surface area contributed by atoms with E-state index in [1.54, 1.807) is 0 Å². The summed E-state index contributed by atoms with van der Waals surface area (Å²) in [5.74, 6) is -0.147. The highest BCUT2D eigenvalue weighted by molar-refractivity contribution is 5.90. The van der Waals surface area contributed by atoms with Gasteiger partial charge >= 0.3 is 5.97 Å². The number of H-pyrrole nitrogens is 1. The zero-order valence-electron chi connectivity index (χ0n) is 10.3. The number of aromatic amines is 1. The molecular weight excluding hydrogens is 216 g/mol. The molecule has 1 heterocycles. The fourth-order valence-electron chi connectivity index (χ4n) is 1.40. The van der Waals surface area contributed by atoms with E-state index in [0.29, 0.717) is 6.61 Å². The van der Waals surface area contributed by atoms with Crippen LogP contribution in [0.1, 0.15) is 31.4 Å². The van der Waals surface area contributed by atoms with Gasteiger partial charge in [0.05, 0.1) is 17.6 Å². The van der Waals surface area contributed by atoms with E-state index in [2.05, 4.69) is 9.97 Å². The van der Waals surface area contributed by atoms with Crippen LogP contribution in [-0.2, 0) is 4.74 Å². The smallest absolute Gasteiger partial charge is 0.374 e. The van der Waals surface area contributed by atoms with Crippen LogP contribution in [0.15, 0.2) is 24.3 Å².